The largest absolute Gasteiger partial charge is 0.462 e. The van der Waals surface area contributed by atoms with Crippen LogP contribution in [0.2, 0.25) is 0 Å². The SMILES string of the molecule is CCCC(=O)OC[C@H](OC(=O)CCC)[C@@H](OC(=O)CCC)[C@@H](OC(=O)CCC)[C@H](O)CO. The Balaban J connectivity index is 6.01. The zero-order valence-corrected chi connectivity index (χ0v) is 19.5. The Morgan fingerprint density at radius 1 is 0.656 bits per heavy atom. The van der Waals surface area contributed by atoms with Gasteiger partial charge in [-0.3, -0.25) is 19.2 Å². The lowest BCUT2D eigenvalue weighted by Gasteiger charge is -2.34. The van der Waals surface area contributed by atoms with E-state index in [0.717, 1.165) is 0 Å². The van der Waals surface area contributed by atoms with Gasteiger partial charge in [0.1, 0.15) is 12.7 Å². The van der Waals surface area contributed by atoms with Crippen molar-refractivity contribution in [1.29, 1.82) is 0 Å². The van der Waals surface area contributed by atoms with Crippen LogP contribution in [0.15, 0.2) is 0 Å². The highest BCUT2D eigenvalue weighted by Crippen LogP contribution is 2.20. The standard InChI is InChI=1S/C22H38O10/c1-5-9-17(25)29-14-16(30-18(26)10-6-2)22(32-20(28)12-8-4)21(15(24)13-23)31-19(27)11-7-3/h15-16,21-24H,5-14H2,1-4H3/t15-,16+,21+,22-/m1/s1. The second kappa shape index (κ2) is 17.4. The zero-order valence-electron chi connectivity index (χ0n) is 19.5. The molecule has 0 aromatic heterocycles. The summed E-state index contributed by atoms with van der Waals surface area (Å²) < 4.78 is 21.3. The molecule has 4 atom stereocenters. The summed E-state index contributed by atoms with van der Waals surface area (Å²) >= 11 is 0. The van der Waals surface area contributed by atoms with E-state index in [4.69, 9.17) is 18.9 Å². The van der Waals surface area contributed by atoms with Crippen molar-refractivity contribution in [1.82, 2.24) is 0 Å². The number of aliphatic hydroxyl groups excluding tert-OH is 2. The maximum absolute atomic E-state index is 12.3. The summed E-state index contributed by atoms with van der Waals surface area (Å²) in [6.07, 6.45) is -3.85. The average molecular weight is 463 g/mol. The van der Waals surface area contributed by atoms with Crippen LogP contribution in [0.3, 0.4) is 0 Å². The van der Waals surface area contributed by atoms with Crippen molar-refractivity contribution in [2.75, 3.05) is 13.2 Å². The van der Waals surface area contributed by atoms with E-state index in [2.05, 4.69) is 0 Å². The molecule has 0 aromatic rings. The molecule has 0 saturated heterocycles. The third-order valence-electron chi connectivity index (χ3n) is 4.30. The van der Waals surface area contributed by atoms with E-state index in [1.54, 1.807) is 27.7 Å². The molecule has 186 valence electrons. The fourth-order valence-electron chi connectivity index (χ4n) is 2.73. The number of carbonyl (C=O) groups is 4. The van der Waals surface area contributed by atoms with Crippen molar-refractivity contribution in [3.05, 3.63) is 0 Å². The predicted octanol–water partition coefficient (Wildman–Crippen LogP) is 1.82. The summed E-state index contributed by atoms with van der Waals surface area (Å²) in [5, 5.41) is 19.8. The van der Waals surface area contributed by atoms with Gasteiger partial charge in [0, 0.05) is 25.7 Å². The molecule has 0 radical (unpaired) electrons. The predicted molar refractivity (Wildman–Crippen MR) is 113 cm³/mol. The molecule has 0 aliphatic carbocycles. The van der Waals surface area contributed by atoms with Gasteiger partial charge in [-0.05, 0) is 25.7 Å². The van der Waals surface area contributed by atoms with Gasteiger partial charge in [-0.2, -0.15) is 0 Å². The molecule has 0 aliphatic heterocycles. The first kappa shape index (κ1) is 29.8. The minimum atomic E-state index is -1.63. The van der Waals surface area contributed by atoms with Gasteiger partial charge in [0.15, 0.2) is 18.3 Å². The third-order valence-corrected chi connectivity index (χ3v) is 4.30. The van der Waals surface area contributed by atoms with Crippen molar-refractivity contribution in [2.24, 2.45) is 0 Å². The van der Waals surface area contributed by atoms with E-state index in [-0.39, 0.29) is 25.7 Å². The fourth-order valence-corrected chi connectivity index (χ4v) is 2.73. The van der Waals surface area contributed by atoms with Gasteiger partial charge in [0.05, 0.1) is 6.61 Å². The molecule has 10 heteroatoms. The first-order valence-electron chi connectivity index (χ1n) is 11.3. The molecule has 0 rings (SSSR count). The molecular formula is C22H38O10. The van der Waals surface area contributed by atoms with Crippen molar-refractivity contribution in [3.8, 4) is 0 Å². The number of rotatable bonds is 17. The molecule has 0 spiro atoms. The minimum Gasteiger partial charge on any atom is -0.462 e. The fraction of sp³-hybridized carbons (Fsp3) is 0.818. The van der Waals surface area contributed by atoms with Crippen molar-refractivity contribution >= 4 is 23.9 Å². The van der Waals surface area contributed by atoms with Gasteiger partial charge < -0.3 is 29.2 Å². The maximum atomic E-state index is 12.3. The van der Waals surface area contributed by atoms with E-state index in [1.807, 2.05) is 0 Å². The highest BCUT2D eigenvalue weighted by Gasteiger charge is 2.42. The summed E-state index contributed by atoms with van der Waals surface area (Å²) in [5.74, 6) is -2.57. The Morgan fingerprint density at radius 3 is 1.50 bits per heavy atom. The van der Waals surface area contributed by atoms with Crippen LogP contribution in [-0.4, -0.2) is 71.7 Å². The van der Waals surface area contributed by atoms with Crippen LogP contribution in [0, 0.1) is 0 Å². The first-order valence-corrected chi connectivity index (χ1v) is 11.3. The quantitative estimate of drug-likeness (QED) is 0.242. The van der Waals surface area contributed by atoms with E-state index < -0.39 is 61.5 Å². The molecule has 32 heavy (non-hydrogen) atoms. The average Bonchev–Trinajstić information content (AvgIpc) is 2.74. The van der Waals surface area contributed by atoms with Gasteiger partial charge in [-0.15, -0.1) is 0 Å². The van der Waals surface area contributed by atoms with Crippen molar-refractivity contribution in [2.45, 2.75) is 103 Å². The highest BCUT2D eigenvalue weighted by molar-refractivity contribution is 5.72. The van der Waals surface area contributed by atoms with E-state index in [1.165, 1.54) is 0 Å². The number of ether oxygens (including phenoxy) is 4. The first-order chi connectivity index (χ1) is 15.2. The lowest BCUT2D eigenvalue weighted by atomic mass is 10.0. The Morgan fingerprint density at radius 2 is 1.06 bits per heavy atom. The lowest BCUT2D eigenvalue weighted by molar-refractivity contribution is -0.202. The Labute approximate surface area is 189 Å². The highest BCUT2D eigenvalue weighted by atomic mass is 16.6. The normalized spacial score (nSPS) is 14.6. The van der Waals surface area contributed by atoms with Crippen molar-refractivity contribution < 1.29 is 48.3 Å². The smallest absolute Gasteiger partial charge is 0.306 e. The molecule has 0 amide bonds. The number of esters is 4. The second-order valence-corrected chi connectivity index (χ2v) is 7.37. The van der Waals surface area contributed by atoms with Crippen LogP contribution >= 0.6 is 0 Å². The lowest BCUT2D eigenvalue weighted by Crippen LogP contribution is -2.53. The van der Waals surface area contributed by atoms with E-state index in [9.17, 15) is 29.4 Å². The van der Waals surface area contributed by atoms with E-state index in [0.29, 0.717) is 25.7 Å². The van der Waals surface area contributed by atoms with Gasteiger partial charge in [0.2, 0.25) is 0 Å². The molecule has 0 saturated carbocycles. The molecular weight excluding hydrogens is 424 g/mol. The number of aliphatic hydroxyl groups is 2. The molecule has 0 bridgehead atoms. The Kier molecular flexibility index (Phi) is 16.2. The summed E-state index contributed by atoms with van der Waals surface area (Å²) in [6.45, 7) is 5.77. The Hall–Kier alpha value is -2.20. The van der Waals surface area contributed by atoms with Gasteiger partial charge in [-0.1, -0.05) is 27.7 Å². The number of hydrogen-bond donors (Lipinski definition) is 2. The molecule has 0 heterocycles. The molecule has 0 aliphatic rings. The summed E-state index contributed by atoms with van der Waals surface area (Å²) in [6, 6.07) is 0. The maximum Gasteiger partial charge on any atom is 0.306 e. The molecule has 0 aromatic carbocycles. The monoisotopic (exact) mass is 462 g/mol. The van der Waals surface area contributed by atoms with Gasteiger partial charge >= 0.3 is 23.9 Å². The molecule has 10 nitrogen and oxygen atoms in total. The van der Waals surface area contributed by atoms with Crippen LogP contribution < -0.4 is 0 Å². The van der Waals surface area contributed by atoms with Crippen molar-refractivity contribution in [3.63, 3.8) is 0 Å². The zero-order chi connectivity index (χ0) is 24.5. The topological polar surface area (TPSA) is 146 Å². The van der Waals surface area contributed by atoms with Crippen LogP contribution in [0.25, 0.3) is 0 Å². The van der Waals surface area contributed by atoms with Crippen LogP contribution in [0.4, 0.5) is 0 Å². The summed E-state index contributed by atoms with van der Waals surface area (Å²) in [5.41, 5.74) is 0. The van der Waals surface area contributed by atoms with Gasteiger partial charge in [0.25, 0.3) is 0 Å². The molecule has 0 unspecified atom stereocenters. The van der Waals surface area contributed by atoms with E-state index >= 15 is 0 Å². The molecule has 0 fully saturated rings. The van der Waals surface area contributed by atoms with Crippen LogP contribution in [0.5, 0.6) is 0 Å². The summed E-state index contributed by atoms with van der Waals surface area (Å²) in [7, 11) is 0. The third kappa shape index (κ3) is 12.0. The minimum absolute atomic E-state index is 0.0204. The second-order valence-electron chi connectivity index (χ2n) is 7.37. The molecule has 2 N–H and O–H groups in total. The van der Waals surface area contributed by atoms with Crippen LogP contribution in [-0.2, 0) is 38.1 Å². The number of carbonyl (C=O) groups excluding carboxylic acids is 4. The van der Waals surface area contributed by atoms with Crippen LogP contribution in [0.1, 0.15) is 79.1 Å². The Bertz CT molecular complexity index is 577. The van der Waals surface area contributed by atoms with Gasteiger partial charge in [-0.25, -0.2) is 0 Å². The summed E-state index contributed by atoms with van der Waals surface area (Å²) in [4.78, 5) is 48.5. The number of hydrogen-bond acceptors (Lipinski definition) is 10.